The summed E-state index contributed by atoms with van der Waals surface area (Å²) in [6, 6.07) is 46.3. The van der Waals surface area contributed by atoms with Gasteiger partial charge in [-0.2, -0.15) is 5.26 Å². The van der Waals surface area contributed by atoms with Gasteiger partial charge in [0.1, 0.15) is 0 Å². The van der Waals surface area contributed by atoms with Crippen molar-refractivity contribution in [1.29, 1.82) is 5.26 Å². The molecule has 4 saturated carbocycles. The third-order valence-electron chi connectivity index (χ3n) is 11.2. The fourth-order valence-corrected chi connectivity index (χ4v) is 9.29. The highest BCUT2D eigenvalue weighted by Gasteiger charge is 2.51. The molecule has 4 fully saturated rings. The molecule has 0 N–H and O–H groups in total. The number of aromatic nitrogens is 3. The topological polar surface area (TPSA) is 62.5 Å². The van der Waals surface area contributed by atoms with E-state index < -0.39 is 0 Å². The van der Waals surface area contributed by atoms with Crippen LogP contribution in [0.4, 0.5) is 0 Å². The molecule has 5 aromatic carbocycles. The van der Waals surface area contributed by atoms with Crippen molar-refractivity contribution in [3.8, 4) is 62.5 Å². The molecule has 0 radical (unpaired) electrons. The van der Waals surface area contributed by atoms with E-state index in [4.69, 9.17) is 15.0 Å². The Kier molecular flexibility index (Phi) is 7.01. The molecule has 4 aliphatic carbocycles. The molecule has 1 aromatic heterocycles. The van der Waals surface area contributed by atoms with Gasteiger partial charge in [0.05, 0.1) is 11.6 Å². The molecule has 4 heteroatoms. The van der Waals surface area contributed by atoms with Crippen molar-refractivity contribution in [3.63, 3.8) is 0 Å². The van der Waals surface area contributed by atoms with Gasteiger partial charge >= 0.3 is 0 Å². The zero-order valence-electron chi connectivity index (χ0n) is 26.9. The summed E-state index contributed by atoms with van der Waals surface area (Å²) in [6.07, 6.45) is 8.42. The van der Waals surface area contributed by atoms with E-state index in [1.807, 2.05) is 48.5 Å². The summed E-state index contributed by atoms with van der Waals surface area (Å²) in [5.74, 6) is 4.74. The van der Waals surface area contributed by atoms with Gasteiger partial charge in [-0.15, -0.1) is 0 Å². The highest BCUT2D eigenvalue weighted by atomic mass is 15.0. The van der Waals surface area contributed by atoms with Crippen LogP contribution in [0.3, 0.4) is 0 Å². The van der Waals surface area contributed by atoms with Gasteiger partial charge in [-0.05, 0) is 114 Å². The standard InChI is InChI=1S/C44H36N4/c45-28-29-11-13-33(14-12-29)37-17-20-39(40(24-37)34-7-3-1-4-8-34)43-47-41(35-9-5-2-6-10-35)46-42(48-43)36-15-18-38(19-16-36)44-25-30-21-31(26-44)23-32(22-30)27-44/h1-20,24,30-32H,21-23,25-27H2. The van der Waals surface area contributed by atoms with E-state index in [0.29, 0.717) is 28.5 Å². The van der Waals surface area contributed by atoms with Crippen LogP contribution in [0.5, 0.6) is 0 Å². The van der Waals surface area contributed by atoms with E-state index in [1.54, 1.807) is 0 Å². The SMILES string of the molecule is N#Cc1ccc(-c2ccc(-c3nc(-c4ccccc4)nc(-c4ccc(C56CC7CC(CC(C7)C5)C6)cc4)n3)c(-c3ccccc3)c2)cc1. The van der Waals surface area contributed by atoms with E-state index in [2.05, 4.69) is 84.9 Å². The molecule has 232 valence electrons. The number of nitriles is 1. The molecule has 48 heavy (non-hydrogen) atoms. The van der Waals surface area contributed by atoms with Crippen molar-refractivity contribution in [3.05, 3.63) is 139 Å². The minimum absolute atomic E-state index is 0.355. The smallest absolute Gasteiger partial charge is 0.164 e. The van der Waals surface area contributed by atoms with Crippen molar-refractivity contribution in [1.82, 2.24) is 15.0 Å². The lowest BCUT2D eigenvalue weighted by atomic mass is 9.48. The van der Waals surface area contributed by atoms with Gasteiger partial charge in [-0.25, -0.2) is 15.0 Å². The number of hydrogen-bond acceptors (Lipinski definition) is 4. The maximum Gasteiger partial charge on any atom is 0.164 e. The Hall–Kier alpha value is -5.40. The summed E-state index contributed by atoms with van der Waals surface area (Å²) in [7, 11) is 0. The predicted molar refractivity (Wildman–Crippen MR) is 192 cm³/mol. The Morgan fingerprint density at radius 1 is 0.479 bits per heavy atom. The maximum atomic E-state index is 9.31. The molecule has 0 amide bonds. The lowest BCUT2D eigenvalue weighted by molar-refractivity contribution is -0.00518. The Morgan fingerprint density at radius 3 is 1.56 bits per heavy atom. The zero-order valence-corrected chi connectivity index (χ0v) is 26.9. The molecule has 6 aromatic rings. The first kappa shape index (κ1) is 28.8. The molecule has 0 atom stereocenters. The van der Waals surface area contributed by atoms with Gasteiger partial charge in [-0.1, -0.05) is 103 Å². The maximum absolute atomic E-state index is 9.31. The Labute approximate surface area is 282 Å². The van der Waals surface area contributed by atoms with E-state index in [1.165, 1.54) is 44.1 Å². The molecule has 4 aliphatic rings. The van der Waals surface area contributed by atoms with Crippen LogP contribution in [-0.4, -0.2) is 15.0 Å². The predicted octanol–water partition coefficient (Wildman–Crippen LogP) is 10.5. The fraction of sp³-hybridized carbons (Fsp3) is 0.227. The normalized spacial score (nSPS) is 22.4. The van der Waals surface area contributed by atoms with E-state index in [0.717, 1.165) is 56.7 Å². The van der Waals surface area contributed by atoms with Crippen molar-refractivity contribution in [2.45, 2.75) is 43.9 Å². The molecule has 10 rings (SSSR count). The second-order valence-corrected chi connectivity index (χ2v) is 14.3. The highest BCUT2D eigenvalue weighted by molar-refractivity contribution is 5.86. The zero-order chi connectivity index (χ0) is 32.1. The highest BCUT2D eigenvalue weighted by Crippen LogP contribution is 2.60. The Bertz CT molecular complexity index is 2110. The van der Waals surface area contributed by atoms with Crippen molar-refractivity contribution < 1.29 is 0 Å². The van der Waals surface area contributed by atoms with Crippen LogP contribution in [0.1, 0.15) is 49.7 Å². The summed E-state index contributed by atoms with van der Waals surface area (Å²) in [5, 5.41) is 9.31. The van der Waals surface area contributed by atoms with E-state index >= 15 is 0 Å². The molecule has 1 heterocycles. The van der Waals surface area contributed by atoms with Gasteiger partial charge in [0.15, 0.2) is 17.5 Å². The Morgan fingerprint density at radius 2 is 0.979 bits per heavy atom. The fourth-order valence-electron chi connectivity index (χ4n) is 9.29. The average molecular weight is 621 g/mol. The number of rotatable bonds is 6. The van der Waals surface area contributed by atoms with Gasteiger partial charge in [-0.3, -0.25) is 0 Å². The van der Waals surface area contributed by atoms with Crippen molar-refractivity contribution >= 4 is 0 Å². The van der Waals surface area contributed by atoms with Crippen LogP contribution in [-0.2, 0) is 5.41 Å². The minimum Gasteiger partial charge on any atom is -0.208 e. The minimum atomic E-state index is 0.355. The number of benzene rings is 5. The molecular weight excluding hydrogens is 585 g/mol. The molecule has 4 nitrogen and oxygen atoms in total. The largest absolute Gasteiger partial charge is 0.208 e. The number of hydrogen-bond donors (Lipinski definition) is 0. The van der Waals surface area contributed by atoms with Crippen LogP contribution >= 0.6 is 0 Å². The summed E-state index contributed by atoms with van der Waals surface area (Å²) in [6.45, 7) is 0. The third-order valence-corrected chi connectivity index (χ3v) is 11.2. The average Bonchev–Trinajstić information content (AvgIpc) is 3.15. The Balaban J connectivity index is 1.15. The van der Waals surface area contributed by atoms with Crippen LogP contribution in [0.15, 0.2) is 127 Å². The summed E-state index contributed by atoms with van der Waals surface area (Å²) in [5.41, 5.74) is 9.69. The van der Waals surface area contributed by atoms with Crippen LogP contribution in [0.25, 0.3) is 56.4 Å². The molecule has 0 aliphatic heterocycles. The third kappa shape index (κ3) is 5.20. The molecule has 0 saturated heterocycles. The van der Waals surface area contributed by atoms with Crippen molar-refractivity contribution in [2.24, 2.45) is 17.8 Å². The second-order valence-electron chi connectivity index (χ2n) is 14.3. The summed E-state index contributed by atoms with van der Waals surface area (Å²) < 4.78 is 0. The lowest BCUT2D eigenvalue weighted by Crippen LogP contribution is -2.48. The van der Waals surface area contributed by atoms with Crippen LogP contribution < -0.4 is 0 Å². The summed E-state index contributed by atoms with van der Waals surface area (Å²) in [4.78, 5) is 15.3. The van der Waals surface area contributed by atoms with Crippen LogP contribution in [0, 0.1) is 29.1 Å². The lowest BCUT2D eigenvalue weighted by Gasteiger charge is -2.57. The first-order chi connectivity index (χ1) is 23.6. The van der Waals surface area contributed by atoms with Crippen molar-refractivity contribution in [2.75, 3.05) is 0 Å². The second kappa shape index (κ2) is 11.7. The molecular formula is C44H36N4. The van der Waals surface area contributed by atoms with Gasteiger partial charge in [0, 0.05) is 16.7 Å². The first-order valence-corrected chi connectivity index (χ1v) is 17.3. The summed E-state index contributed by atoms with van der Waals surface area (Å²) >= 11 is 0. The molecule has 0 unspecified atom stereocenters. The monoisotopic (exact) mass is 620 g/mol. The van der Waals surface area contributed by atoms with Crippen LogP contribution in [0.2, 0.25) is 0 Å². The quantitative estimate of drug-likeness (QED) is 0.186. The van der Waals surface area contributed by atoms with E-state index in [9.17, 15) is 5.26 Å². The molecule has 4 bridgehead atoms. The van der Waals surface area contributed by atoms with Gasteiger partial charge in [0.25, 0.3) is 0 Å². The first-order valence-electron chi connectivity index (χ1n) is 17.3. The van der Waals surface area contributed by atoms with Gasteiger partial charge < -0.3 is 0 Å². The molecule has 0 spiro atoms. The van der Waals surface area contributed by atoms with Gasteiger partial charge in [0.2, 0.25) is 0 Å². The van der Waals surface area contributed by atoms with E-state index in [-0.39, 0.29) is 0 Å². The number of nitrogens with zero attached hydrogens (tertiary/aromatic N) is 4.